The molecule has 5 heteroatoms. The molecule has 0 saturated heterocycles. The van der Waals surface area contributed by atoms with Crippen molar-refractivity contribution < 1.29 is 8.42 Å². The van der Waals surface area contributed by atoms with Crippen molar-refractivity contribution in [2.24, 2.45) is 11.7 Å². The summed E-state index contributed by atoms with van der Waals surface area (Å²) in [4.78, 5) is 0. The number of rotatable bonds is 9. The molecule has 0 bridgehead atoms. The van der Waals surface area contributed by atoms with E-state index in [1.165, 1.54) is 5.56 Å². The highest BCUT2D eigenvalue weighted by Gasteiger charge is 2.14. The first kappa shape index (κ1) is 19.6. The van der Waals surface area contributed by atoms with Crippen molar-refractivity contribution in [3.63, 3.8) is 0 Å². The van der Waals surface area contributed by atoms with E-state index in [2.05, 4.69) is 29.0 Å². The summed E-state index contributed by atoms with van der Waals surface area (Å²) < 4.78 is 26.7. The summed E-state index contributed by atoms with van der Waals surface area (Å²) in [5, 5.41) is 0. The SMILES string of the molecule is CC(C)CS(=O)(=O)NCc1cccc(C(CN)Cc2ccccc2)c1. The maximum atomic E-state index is 12.0. The molecular weight excluding hydrogens is 332 g/mol. The summed E-state index contributed by atoms with van der Waals surface area (Å²) in [6, 6.07) is 18.3. The second kappa shape index (κ2) is 9.13. The Balaban J connectivity index is 2.06. The molecule has 2 aromatic carbocycles. The predicted molar refractivity (Wildman–Crippen MR) is 104 cm³/mol. The Bertz CT molecular complexity index is 758. The van der Waals surface area contributed by atoms with Crippen molar-refractivity contribution in [3.05, 3.63) is 71.3 Å². The molecule has 25 heavy (non-hydrogen) atoms. The van der Waals surface area contributed by atoms with Gasteiger partial charge >= 0.3 is 0 Å². The monoisotopic (exact) mass is 360 g/mol. The Morgan fingerprint density at radius 1 is 1.00 bits per heavy atom. The van der Waals surface area contributed by atoms with Gasteiger partial charge in [-0.05, 0) is 35.6 Å². The van der Waals surface area contributed by atoms with Crippen molar-refractivity contribution in [2.75, 3.05) is 12.3 Å². The van der Waals surface area contributed by atoms with Gasteiger partial charge < -0.3 is 5.73 Å². The van der Waals surface area contributed by atoms with E-state index in [1.807, 2.05) is 44.2 Å². The van der Waals surface area contributed by atoms with Crippen LogP contribution in [0.15, 0.2) is 54.6 Å². The fourth-order valence-corrected chi connectivity index (χ4v) is 4.27. The van der Waals surface area contributed by atoms with Crippen LogP contribution in [0.3, 0.4) is 0 Å². The van der Waals surface area contributed by atoms with Gasteiger partial charge in [0.15, 0.2) is 0 Å². The molecule has 1 unspecified atom stereocenters. The zero-order valence-electron chi connectivity index (χ0n) is 15.0. The molecule has 1 atom stereocenters. The Labute approximate surface area is 151 Å². The van der Waals surface area contributed by atoms with E-state index < -0.39 is 10.0 Å². The molecule has 0 heterocycles. The molecule has 0 spiro atoms. The summed E-state index contributed by atoms with van der Waals surface area (Å²) in [6.07, 6.45) is 0.875. The summed E-state index contributed by atoms with van der Waals surface area (Å²) in [5.74, 6) is 0.470. The Kier molecular flexibility index (Phi) is 7.17. The van der Waals surface area contributed by atoms with Crippen LogP contribution in [-0.2, 0) is 23.0 Å². The van der Waals surface area contributed by atoms with Gasteiger partial charge in [-0.1, -0.05) is 68.4 Å². The Hall–Kier alpha value is -1.69. The average Bonchev–Trinajstić information content (AvgIpc) is 2.58. The minimum absolute atomic E-state index is 0.108. The number of hydrogen-bond donors (Lipinski definition) is 2. The molecule has 2 aromatic rings. The maximum Gasteiger partial charge on any atom is 0.212 e. The standard InChI is InChI=1S/C20H28N2O2S/c1-16(2)15-25(23,24)22-14-18-9-6-10-19(12-18)20(13-21)11-17-7-4-3-5-8-17/h3-10,12,16,20,22H,11,13-15,21H2,1-2H3. The first-order chi connectivity index (χ1) is 11.9. The van der Waals surface area contributed by atoms with E-state index in [-0.39, 0.29) is 17.6 Å². The first-order valence-electron chi connectivity index (χ1n) is 8.70. The molecule has 0 aromatic heterocycles. The van der Waals surface area contributed by atoms with E-state index in [0.29, 0.717) is 13.1 Å². The quantitative estimate of drug-likeness (QED) is 0.722. The third-order valence-corrected chi connectivity index (χ3v) is 5.77. The zero-order chi connectivity index (χ0) is 18.3. The molecule has 4 nitrogen and oxygen atoms in total. The zero-order valence-corrected chi connectivity index (χ0v) is 15.8. The number of nitrogens with one attached hydrogen (secondary N) is 1. The highest BCUT2D eigenvalue weighted by Crippen LogP contribution is 2.21. The van der Waals surface area contributed by atoms with Crippen LogP contribution in [0.25, 0.3) is 0 Å². The molecule has 0 radical (unpaired) electrons. The second-order valence-electron chi connectivity index (χ2n) is 6.86. The summed E-state index contributed by atoms with van der Waals surface area (Å²) in [5.41, 5.74) is 9.34. The molecule has 0 saturated carbocycles. The first-order valence-corrected chi connectivity index (χ1v) is 10.3. The largest absolute Gasteiger partial charge is 0.330 e. The van der Waals surface area contributed by atoms with Crippen LogP contribution in [0.2, 0.25) is 0 Å². The third kappa shape index (κ3) is 6.61. The van der Waals surface area contributed by atoms with Gasteiger partial charge in [0, 0.05) is 12.5 Å². The number of sulfonamides is 1. The Morgan fingerprint density at radius 2 is 1.68 bits per heavy atom. The highest BCUT2D eigenvalue weighted by atomic mass is 32.2. The molecule has 0 fully saturated rings. The van der Waals surface area contributed by atoms with Gasteiger partial charge in [0.2, 0.25) is 10.0 Å². The van der Waals surface area contributed by atoms with Crippen LogP contribution >= 0.6 is 0 Å². The van der Waals surface area contributed by atoms with Crippen molar-refractivity contribution in [3.8, 4) is 0 Å². The van der Waals surface area contributed by atoms with Crippen molar-refractivity contribution in [2.45, 2.75) is 32.7 Å². The minimum atomic E-state index is -3.24. The lowest BCUT2D eigenvalue weighted by molar-refractivity contribution is 0.568. The summed E-state index contributed by atoms with van der Waals surface area (Å²) in [7, 11) is -3.24. The van der Waals surface area contributed by atoms with Gasteiger partial charge in [0.25, 0.3) is 0 Å². The molecule has 136 valence electrons. The van der Waals surface area contributed by atoms with Crippen LogP contribution < -0.4 is 10.5 Å². The van der Waals surface area contributed by atoms with E-state index in [1.54, 1.807) is 0 Å². The lowest BCUT2D eigenvalue weighted by atomic mass is 9.91. The van der Waals surface area contributed by atoms with Crippen molar-refractivity contribution in [1.82, 2.24) is 4.72 Å². The van der Waals surface area contributed by atoms with Gasteiger partial charge in [-0.3, -0.25) is 0 Å². The van der Waals surface area contributed by atoms with Crippen molar-refractivity contribution >= 4 is 10.0 Å². The number of benzene rings is 2. The van der Waals surface area contributed by atoms with Crippen molar-refractivity contribution in [1.29, 1.82) is 0 Å². The van der Waals surface area contributed by atoms with Crippen LogP contribution in [-0.4, -0.2) is 20.7 Å². The van der Waals surface area contributed by atoms with E-state index in [0.717, 1.165) is 17.5 Å². The van der Waals surface area contributed by atoms with Gasteiger partial charge in [-0.15, -0.1) is 0 Å². The van der Waals surface area contributed by atoms with Gasteiger partial charge in [0.05, 0.1) is 5.75 Å². The van der Waals surface area contributed by atoms with Gasteiger partial charge in [0.1, 0.15) is 0 Å². The average molecular weight is 361 g/mol. The summed E-state index contributed by atoms with van der Waals surface area (Å²) >= 11 is 0. The van der Waals surface area contributed by atoms with E-state index >= 15 is 0 Å². The van der Waals surface area contributed by atoms with Crippen LogP contribution in [0, 0.1) is 5.92 Å². The molecule has 2 rings (SSSR count). The topological polar surface area (TPSA) is 72.2 Å². The van der Waals surface area contributed by atoms with Gasteiger partial charge in [-0.25, -0.2) is 13.1 Å². The normalized spacial score (nSPS) is 13.1. The molecular formula is C20H28N2O2S. The number of nitrogens with two attached hydrogens (primary N) is 1. The molecule has 0 aliphatic rings. The van der Waals surface area contributed by atoms with E-state index in [4.69, 9.17) is 5.73 Å². The third-order valence-electron chi connectivity index (χ3n) is 4.08. The predicted octanol–water partition coefficient (Wildman–Crippen LogP) is 3.05. The molecule has 0 amide bonds. The lowest BCUT2D eigenvalue weighted by Crippen LogP contribution is -2.28. The lowest BCUT2D eigenvalue weighted by Gasteiger charge is -2.17. The van der Waals surface area contributed by atoms with Crippen LogP contribution in [0.4, 0.5) is 0 Å². The van der Waals surface area contributed by atoms with Crippen LogP contribution in [0.5, 0.6) is 0 Å². The highest BCUT2D eigenvalue weighted by molar-refractivity contribution is 7.89. The number of hydrogen-bond acceptors (Lipinski definition) is 3. The smallest absolute Gasteiger partial charge is 0.212 e. The fourth-order valence-electron chi connectivity index (χ4n) is 2.88. The molecule has 0 aliphatic heterocycles. The minimum Gasteiger partial charge on any atom is -0.330 e. The fraction of sp³-hybridized carbons (Fsp3) is 0.400. The maximum absolute atomic E-state index is 12.0. The van der Waals surface area contributed by atoms with Crippen LogP contribution in [0.1, 0.15) is 36.5 Å². The molecule has 0 aliphatic carbocycles. The second-order valence-corrected chi connectivity index (χ2v) is 8.72. The Morgan fingerprint density at radius 3 is 2.32 bits per heavy atom. The van der Waals surface area contributed by atoms with E-state index in [9.17, 15) is 8.42 Å². The molecule has 3 N–H and O–H groups in total. The van der Waals surface area contributed by atoms with Gasteiger partial charge in [-0.2, -0.15) is 0 Å². The summed E-state index contributed by atoms with van der Waals surface area (Å²) in [6.45, 7) is 4.66.